The number of nitrogens with one attached hydrogen (secondary N) is 1. The van der Waals surface area contributed by atoms with Gasteiger partial charge in [-0.15, -0.1) is 0 Å². The Morgan fingerprint density at radius 2 is 2.09 bits per heavy atom. The zero-order valence-electron chi connectivity index (χ0n) is 12.4. The van der Waals surface area contributed by atoms with Gasteiger partial charge in [0.2, 0.25) is 0 Å². The molecule has 0 unspecified atom stereocenters. The lowest BCUT2D eigenvalue weighted by atomic mass is 10.2. The number of hydrogen-bond acceptors (Lipinski definition) is 6. The van der Waals surface area contributed by atoms with Gasteiger partial charge in [0.15, 0.2) is 6.10 Å². The minimum atomic E-state index is -1.02. The van der Waals surface area contributed by atoms with Gasteiger partial charge < -0.3 is 14.8 Å². The van der Waals surface area contributed by atoms with Crippen LogP contribution in [0.25, 0.3) is 0 Å². The van der Waals surface area contributed by atoms with Crippen molar-refractivity contribution in [1.29, 1.82) is 0 Å². The van der Waals surface area contributed by atoms with E-state index in [1.54, 1.807) is 6.92 Å². The van der Waals surface area contributed by atoms with Crippen molar-refractivity contribution in [3.63, 3.8) is 0 Å². The van der Waals surface area contributed by atoms with Crippen LogP contribution in [0.3, 0.4) is 0 Å². The monoisotopic (exact) mass is 308 g/mol. The van der Waals surface area contributed by atoms with Crippen LogP contribution in [0.1, 0.15) is 13.8 Å². The molecule has 0 aliphatic rings. The molecule has 22 heavy (non-hydrogen) atoms. The highest BCUT2D eigenvalue weighted by molar-refractivity contribution is 5.97. The number of nitrogens with zero attached hydrogens (tertiary/aromatic N) is 1. The number of amides is 1. The molecule has 1 aromatic carbocycles. The van der Waals surface area contributed by atoms with Gasteiger partial charge in [0, 0.05) is 12.1 Å². The number of nitro benzene ring substituents is 1. The third-order valence-electron chi connectivity index (χ3n) is 2.62. The maximum absolute atomic E-state index is 11.9. The molecule has 118 valence electrons. The van der Waals surface area contributed by atoms with Crippen molar-refractivity contribution in [2.75, 3.05) is 12.4 Å². The summed E-state index contributed by atoms with van der Waals surface area (Å²) < 4.78 is 9.87. The Morgan fingerprint density at radius 1 is 1.41 bits per heavy atom. The van der Waals surface area contributed by atoms with Crippen molar-refractivity contribution in [2.24, 2.45) is 0 Å². The summed E-state index contributed by atoms with van der Waals surface area (Å²) in [5.41, 5.74) is 0.0782. The molecule has 0 saturated heterocycles. The Balaban J connectivity index is 2.83. The lowest BCUT2D eigenvalue weighted by Gasteiger charge is -2.14. The fourth-order valence-electron chi connectivity index (χ4n) is 1.53. The van der Waals surface area contributed by atoms with Gasteiger partial charge in [0.05, 0.1) is 23.8 Å². The summed E-state index contributed by atoms with van der Waals surface area (Å²) in [4.78, 5) is 33.3. The van der Waals surface area contributed by atoms with Crippen LogP contribution < -0.4 is 10.1 Å². The molecule has 8 heteroatoms. The van der Waals surface area contributed by atoms with Crippen molar-refractivity contribution in [3.8, 4) is 5.75 Å². The van der Waals surface area contributed by atoms with Gasteiger partial charge in [-0.2, -0.15) is 0 Å². The summed E-state index contributed by atoms with van der Waals surface area (Å²) in [5, 5.41) is 13.2. The summed E-state index contributed by atoms with van der Waals surface area (Å²) in [7, 11) is 1.32. The number of anilines is 1. The zero-order valence-corrected chi connectivity index (χ0v) is 12.4. The highest BCUT2D eigenvalue weighted by Crippen LogP contribution is 2.29. The molecular weight excluding hydrogens is 292 g/mol. The van der Waals surface area contributed by atoms with Crippen LogP contribution in [0.4, 0.5) is 11.4 Å². The van der Waals surface area contributed by atoms with Gasteiger partial charge in [-0.3, -0.25) is 14.9 Å². The largest absolute Gasteiger partial charge is 0.494 e. The van der Waals surface area contributed by atoms with Crippen LogP contribution in [0.15, 0.2) is 30.4 Å². The standard InChI is InChI=1S/C14H16N2O6/c1-4-5-13(17)22-9(2)14(18)15-11-7-6-10(16(19)20)8-12(11)21-3/h4-9H,1-3H3,(H,15,18)/b5-4+/t9-/m1/s1. The van der Waals surface area contributed by atoms with E-state index in [0.717, 1.165) is 0 Å². The summed E-state index contributed by atoms with van der Waals surface area (Å²) in [6.07, 6.45) is 1.66. The van der Waals surface area contributed by atoms with E-state index in [1.807, 2.05) is 0 Å². The molecule has 1 amide bonds. The number of methoxy groups -OCH3 is 1. The molecule has 1 rings (SSSR count). The smallest absolute Gasteiger partial charge is 0.331 e. The van der Waals surface area contributed by atoms with Crippen molar-refractivity contribution >= 4 is 23.3 Å². The fraction of sp³-hybridized carbons (Fsp3) is 0.286. The SMILES string of the molecule is C/C=C/C(=O)O[C@H](C)C(=O)Nc1ccc([N+](=O)[O-])cc1OC. The molecule has 0 aliphatic heterocycles. The average Bonchev–Trinajstić information content (AvgIpc) is 2.47. The average molecular weight is 308 g/mol. The molecule has 0 fully saturated rings. The quantitative estimate of drug-likeness (QED) is 0.373. The summed E-state index contributed by atoms with van der Waals surface area (Å²) in [6, 6.07) is 3.76. The third kappa shape index (κ3) is 4.58. The van der Waals surface area contributed by atoms with Gasteiger partial charge in [-0.1, -0.05) is 6.08 Å². The predicted octanol–water partition coefficient (Wildman–Crippen LogP) is 2.05. The molecule has 0 saturated carbocycles. The first-order chi connectivity index (χ1) is 10.4. The number of rotatable bonds is 6. The molecule has 0 heterocycles. The van der Waals surface area contributed by atoms with Crippen LogP contribution in [0.5, 0.6) is 5.75 Å². The molecule has 1 N–H and O–H groups in total. The number of allylic oxidation sites excluding steroid dienone is 1. The van der Waals surface area contributed by atoms with E-state index in [2.05, 4.69) is 5.32 Å². The molecular formula is C14H16N2O6. The fourth-order valence-corrected chi connectivity index (χ4v) is 1.53. The Hall–Kier alpha value is -2.90. The maximum Gasteiger partial charge on any atom is 0.331 e. The van der Waals surface area contributed by atoms with Crippen LogP contribution in [0.2, 0.25) is 0 Å². The molecule has 0 aliphatic carbocycles. The summed E-state index contributed by atoms with van der Waals surface area (Å²) >= 11 is 0. The molecule has 0 aromatic heterocycles. The van der Waals surface area contributed by atoms with Gasteiger partial charge in [-0.25, -0.2) is 4.79 Å². The van der Waals surface area contributed by atoms with E-state index in [4.69, 9.17) is 9.47 Å². The van der Waals surface area contributed by atoms with E-state index in [0.29, 0.717) is 0 Å². The van der Waals surface area contributed by atoms with E-state index < -0.39 is 22.9 Å². The Kier molecular flexibility index (Phi) is 6.06. The lowest BCUT2D eigenvalue weighted by Crippen LogP contribution is -2.29. The van der Waals surface area contributed by atoms with E-state index in [1.165, 1.54) is 44.4 Å². The Labute approximate surface area is 126 Å². The number of non-ortho nitro benzene ring substituents is 1. The van der Waals surface area contributed by atoms with Crippen LogP contribution in [0, 0.1) is 10.1 Å². The Bertz CT molecular complexity index is 611. The number of ether oxygens (including phenoxy) is 2. The third-order valence-corrected chi connectivity index (χ3v) is 2.62. The van der Waals surface area contributed by atoms with Crippen LogP contribution in [-0.4, -0.2) is 30.0 Å². The van der Waals surface area contributed by atoms with Gasteiger partial charge in [-0.05, 0) is 19.9 Å². The summed E-state index contributed by atoms with van der Waals surface area (Å²) in [5.74, 6) is -1.08. The van der Waals surface area contributed by atoms with Gasteiger partial charge >= 0.3 is 5.97 Å². The Morgan fingerprint density at radius 3 is 2.64 bits per heavy atom. The molecule has 0 radical (unpaired) electrons. The number of hydrogen-bond donors (Lipinski definition) is 1. The first-order valence-corrected chi connectivity index (χ1v) is 6.35. The number of benzene rings is 1. The minimum Gasteiger partial charge on any atom is -0.494 e. The van der Waals surface area contributed by atoms with E-state index in [-0.39, 0.29) is 17.1 Å². The van der Waals surface area contributed by atoms with Gasteiger partial charge in [0.25, 0.3) is 11.6 Å². The maximum atomic E-state index is 11.9. The molecule has 0 bridgehead atoms. The van der Waals surface area contributed by atoms with Crippen molar-refractivity contribution in [2.45, 2.75) is 20.0 Å². The van der Waals surface area contributed by atoms with Crippen LogP contribution >= 0.6 is 0 Å². The van der Waals surface area contributed by atoms with Crippen LogP contribution in [-0.2, 0) is 14.3 Å². The first kappa shape index (κ1) is 17.2. The number of nitro groups is 1. The first-order valence-electron chi connectivity index (χ1n) is 6.35. The van der Waals surface area contributed by atoms with Crippen molar-refractivity contribution < 1.29 is 24.0 Å². The van der Waals surface area contributed by atoms with Crippen molar-refractivity contribution in [3.05, 3.63) is 40.5 Å². The van der Waals surface area contributed by atoms with E-state index in [9.17, 15) is 19.7 Å². The minimum absolute atomic E-state index is 0.134. The summed E-state index contributed by atoms with van der Waals surface area (Å²) in [6.45, 7) is 3.06. The lowest BCUT2D eigenvalue weighted by molar-refractivity contribution is -0.384. The molecule has 1 aromatic rings. The predicted molar refractivity (Wildman–Crippen MR) is 78.6 cm³/mol. The molecule has 8 nitrogen and oxygen atoms in total. The normalized spacial score (nSPS) is 11.8. The number of carbonyl (C=O) groups is 2. The highest BCUT2D eigenvalue weighted by atomic mass is 16.6. The number of esters is 1. The highest BCUT2D eigenvalue weighted by Gasteiger charge is 2.19. The molecule has 1 atom stereocenters. The molecule has 0 spiro atoms. The van der Waals surface area contributed by atoms with Crippen molar-refractivity contribution in [1.82, 2.24) is 0 Å². The second-order valence-electron chi connectivity index (χ2n) is 4.21. The zero-order chi connectivity index (χ0) is 16.7. The second-order valence-corrected chi connectivity index (χ2v) is 4.21. The number of carbonyl (C=O) groups excluding carboxylic acids is 2. The van der Waals surface area contributed by atoms with E-state index >= 15 is 0 Å². The topological polar surface area (TPSA) is 108 Å². The second kappa shape index (κ2) is 7.77. The van der Waals surface area contributed by atoms with Gasteiger partial charge in [0.1, 0.15) is 5.75 Å².